The Morgan fingerprint density at radius 3 is 1.90 bits per heavy atom. The van der Waals surface area contributed by atoms with Crippen molar-refractivity contribution in [3.8, 4) is 5.75 Å². The van der Waals surface area contributed by atoms with Gasteiger partial charge in [0.05, 0.1) is 0 Å². The molecule has 0 bridgehead atoms. The zero-order chi connectivity index (χ0) is 14.9. The van der Waals surface area contributed by atoms with Gasteiger partial charge in [-0.1, -0.05) is 48.5 Å². The number of cyclic esters (lactones) is 2. The number of benzene rings is 2. The van der Waals surface area contributed by atoms with Crippen LogP contribution in [0.3, 0.4) is 0 Å². The third-order valence-corrected chi connectivity index (χ3v) is 3.26. The molecular formula is C16H10O5. The molecular weight excluding hydrogens is 272 g/mol. The fraction of sp³-hybridized carbons (Fsp3) is 0.0625. The molecule has 1 aliphatic rings. The topological polar surface area (TPSA) is 69.7 Å². The molecule has 5 nitrogen and oxygen atoms in total. The lowest BCUT2D eigenvalue weighted by Crippen LogP contribution is -2.63. The van der Waals surface area contributed by atoms with Crippen LogP contribution in [0.2, 0.25) is 0 Å². The minimum Gasteiger partial charge on any atom is -0.425 e. The molecule has 0 aliphatic carbocycles. The SMILES string of the molecule is O=C1OC(=O)C1(C(=O)Oc1ccccc1)c1ccccc1. The maximum absolute atomic E-state index is 12.4. The summed E-state index contributed by atoms with van der Waals surface area (Å²) < 4.78 is 9.55. The summed E-state index contributed by atoms with van der Waals surface area (Å²) in [6, 6.07) is 16.3. The predicted octanol–water partition coefficient (Wildman–Crippen LogP) is 1.61. The Morgan fingerprint density at radius 1 is 0.857 bits per heavy atom. The van der Waals surface area contributed by atoms with E-state index in [1.807, 2.05) is 0 Å². The number of ether oxygens (including phenoxy) is 2. The molecule has 2 aromatic rings. The number of para-hydroxylation sites is 1. The van der Waals surface area contributed by atoms with Crippen molar-refractivity contribution in [1.82, 2.24) is 0 Å². The van der Waals surface area contributed by atoms with E-state index in [1.54, 1.807) is 48.5 Å². The normalized spacial score (nSPS) is 15.8. The van der Waals surface area contributed by atoms with Gasteiger partial charge in [0.15, 0.2) is 0 Å². The van der Waals surface area contributed by atoms with Crippen molar-refractivity contribution in [2.24, 2.45) is 0 Å². The van der Waals surface area contributed by atoms with Crippen molar-refractivity contribution in [3.05, 3.63) is 66.2 Å². The van der Waals surface area contributed by atoms with Crippen LogP contribution in [0, 0.1) is 0 Å². The summed E-state index contributed by atoms with van der Waals surface area (Å²) in [5.41, 5.74) is -1.77. The lowest BCUT2D eigenvalue weighted by molar-refractivity contribution is -0.192. The molecule has 0 atom stereocenters. The minimum atomic E-state index is -2.02. The monoisotopic (exact) mass is 282 g/mol. The fourth-order valence-electron chi connectivity index (χ4n) is 2.15. The smallest absolute Gasteiger partial charge is 0.347 e. The minimum absolute atomic E-state index is 0.243. The quantitative estimate of drug-likeness (QED) is 0.486. The molecule has 1 aliphatic heterocycles. The van der Waals surface area contributed by atoms with Crippen LogP contribution in [0.1, 0.15) is 5.56 Å². The fourth-order valence-corrected chi connectivity index (χ4v) is 2.15. The molecule has 1 saturated heterocycles. The standard InChI is InChI=1S/C16H10O5/c17-13(20-12-9-5-2-6-10-12)16(14(18)21-15(16)19)11-7-3-1-4-8-11/h1-10H. The first kappa shape index (κ1) is 13.1. The second-order valence-corrected chi connectivity index (χ2v) is 4.50. The van der Waals surface area contributed by atoms with Crippen LogP contribution in [0.4, 0.5) is 0 Å². The second-order valence-electron chi connectivity index (χ2n) is 4.50. The Hall–Kier alpha value is -2.95. The van der Waals surface area contributed by atoms with E-state index < -0.39 is 23.3 Å². The molecule has 5 heteroatoms. The molecule has 0 saturated carbocycles. The van der Waals surface area contributed by atoms with E-state index in [4.69, 9.17) is 4.74 Å². The first-order valence-corrected chi connectivity index (χ1v) is 6.25. The lowest BCUT2D eigenvalue weighted by Gasteiger charge is -2.33. The van der Waals surface area contributed by atoms with Crippen LogP contribution < -0.4 is 4.74 Å². The molecule has 3 rings (SSSR count). The van der Waals surface area contributed by atoms with Gasteiger partial charge in [-0.05, 0) is 17.7 Å². The van der Waals surface area contributed by atoms with Crippen LogP contribution in [-0.4, -0.2) is 17.9 Å². The third-order valence-electron chi connectivity index (χ3n) is 3.26. The highest BCUT2D eigenvalue weighted by atomic mass is 16.6. The van der Waals surface area contributed by atoms with E-state index in [0.717, 1.165) is 0 Å². The zero-order valence-corrected chi connectivity index (χ0v) is 10.8. The van der Waals surface area contributed by atoms with Gasteiger partial charge in [-0.15, -0.1) is 0 Å². The molecule has 0 unspecified atom stereocenters. The van der Waals surface area contributed by atoms with E-state index in [-0.39, 0.29) is 11.3 Å². The molecule has 0 aromatic heterocycles. The third kappa shape index (κ3) is 1.90. The van der Waals surface area contributed by atoms with Crippen molar-refractivity contribution in [3.63, 3.8) is 0 Å². The summed E-state index contributed by atoms with van der Waals surface area (Å²) in [5.74, 6) is -2.54. The van der Waals surface area contributed by atoms with Crippen LogP contribution in [0.25, 0.3) is 0 Å². The van der Waals surface area contributed by atoms with Gasteiger partial charge in [0.2, 0.25) is 0 Å². The Balaban J connectivity index is 2.00. The Bertz CT molecular complexity index is 692. The van der Waals surface area contributed by atoms with E-state index in [9.17, 15) is 14.4 Å². The molecule has 2 aromatic carbocycles. The summed E-state index contributed by atoms with van der Waals surface area (Å²) in [6.07, 6.45) is 0. The van der Waals surface area contributed by atoms with E-state index in [1.165, 1.54) is 12.1 Å². The van der Waals surface area contributed by atoms with Crippen molar-refractivity contribution in [1.29, 1.82) is 0 Å². The van der Waals surface area contributed by atoms with Gasteiger partial charge in [0.25, 0.3) is 5.41 Å². The molecule has 0 amide bonds. The molecule has 0 radical (unpaired) electrons. The van der Waals surface area contributed by atoms with Crippen molar-refractivity contribution >= 4 is 17.9 Å². The van der Waals surface area contributed by atoms with Crippen molar-refractivity contribution in [2.75, 3.05) is 0 Å². The number of hydrogen-bond acceptors (Lipinski definition) is 5. The summed E-state index contributed by atoms with van der Waals surface area (Å²) in [6.45, 7) is 0. The van der Waals surface area contributed by atoms with Crippen LogP contribution >= 0.6 is 0 Å². The highest BCUT2D eigenvalue weighted by Gasteiger charge is 2.67. The number of hydrogen-bond donors (Lipinski definition) is 0. The average molecular weight is 282 g/mol. The van der Waals surface area contributed by atoms with Gasteiger partial charge < -0.3 is 9.47 Å². The molecule has 21 heavy (non-hydrogen) atoms. The second kappa shape index (κ2) is 4.86. The Kier molecular flexibility index (Phi) is 3.02. The van der Waals surface area contributed by atoms with Crippen LogP contribution in [0.5, 0.6) is 5.75 Å². The summed E-state index contributed by atoms with van der Waals surface area (Å²) in [7, 11) is 0. The number of carbonyl (C=O) groups is 3. The van der Waals surface area contributed by atoms with Crippen molar-refractivity contribution in [2.45, 2.75) is 5.41 Å². The average Bonchev–Trinajstić information content (AvgIpc) is 2.49. The van der Waals surface area contributed by atoms with Gasteiger partial charge >= 0.3 is 17.9 Å². The van der Waals surface area contributed by atoms with E-state index in [0.29, 0.717) is 0 Å². The lowest BCUT2D eigenvalue weighted by atomic mass is 9.77. The summed E-state index contributed by atoms with van der Waals surface area (Å²) >= 11 is 0. The van der Waals surface area contributed by atoms with Gasteiger partial charge in [-0.25, -0.2) is 14.4 Å². The molecule has 1 heterocycles. The molecule has 0 spiro atoms. The maximum atomic E-state index is 12.4. The Labute approximate surface area is 120 Å². The van der Waals surface area contributed by atoms with Gasteiger partial charge in [-0.3, -0.25) is 0 Å². The number of carbonyl (C=O) groups excluding carboxylic acids is 3. The largest absolute Gasteiger partial charge is 0.425 e. The highest BCUT2D eigenvalue weighted by molar-refractivity contribution is 6.33. The number of rotatable bonds is 3. The first-order valence-electron chi connectivity index (χ1n) is 6.25. The van der Waals surface area contributed by atoms with E-state index in [2.05, 4.69) is 4.74 Å². The molecule has 0 N–H and O–H groups in total. The maximum Gasteiger partial charge on any atom is 0.347 e. The predicted molar refractivity (Wildman–Crippen MR) is 71.3 cm³/mol. The zero-order valence-electron chi connectivity index (χ0n) is 10.8. The summed E-state index contributed by atoms with van der Waals surface area (Å²) in [5, 5.41) is 0. The van der Waals surface area contributed by atoms with Gasteiger partial charge in [0, 0.05) is 0 Å². The molecule has 104 valence electrons. The first-order chi connectivity index (χ1) is 10.2. The van der Waals surface area contributed by atoms with Gasteiger partial charge in [-0.2, -0.15) is 0 Å². The van der Waals surface area contributed by atoms with Gasteiger partial charge in [0.1, 0.15) is 5.75 Å². The van der Waals surface area contributed by atoms with Crippen molar-refractivity contribution < 1.29 is 23.9 Å². The molecule has 1 fully saturated rings. The summed E-state index contributed by atoms with van der Waals surface area (Å²) in [4.78, 5) is 36.1. The van der Waals surface area contributed by atoms with Crippen LogP contribution in [0.15, 0.2) is 60.7 Å². The highest BCUT2D eigenvalue weighted by Crippen LogP contribution is 2.36. The van der Waals surface area contributed by atoms with Crippen LogP contribution in [-0.2, 0) is 24.5 Å². The van der Waals surface area contributed by atoms with E-state index >= 15 is 0 Å². The number of esters is 3. The Morgan fingerprint density at radius 2 is 1.38 bits per heavy atom.